The molecule has 0 fully saturated rings. The Morgan fingerprint density at radius 3 is 2.06 bits per heavy atom. The van der Waals surface area contributed by atoms with Crippen LogP contribution in [0.2, 0.25) is 0 Å². The monoisotopic (exact) mass is 911 g/mol. The summed E-state index contributed by atoms with van der Waals surface area (Å²) in [7, 11) is 1.52. The van der Waals surface area contributed by atoms with Gasteiger partial charge in [0.2, 0.25) is 11.8 Å². The Kier molecular flexibility index (Phi) is 18.8. The van der Waals surface area contributed by atoms with Crippen molar-refractivity contribution in [1.29, 1.82) is 0 Å². The number of alkyl carbamates (subject to hydrolysis) is 1. The van der Waals surface area contributed by atoms with E-state index in [0.717, 1.165) is 22.3 Å². The summed E-state index contributed by atoms with van der Waals surface area (Å²) in [5.74, 6) is -1.52. The Labute approximate surface area is 382 Å². The normalized spacial score (nSPS) is 11.8. The van der Waals surface area contributed by atoms with Crippen LogP contribution in [-0.4, -0.2) is 84.4 Å². The second kappa shape index (κ2) is 24.4. The number of carbonyl (C=O) groups is 6. The molecule has 5 rings (SSSR count). The summed E-state index contributed by atoms with van der Waals surface area (Å²) in [4.78, 5) is 87.9. The number of hydrogen-bond acceptors (Lipinski definition) is 12. The lowest BCUT2D eigenvalue weighted by Crippen LogP contribution is -2.48. The van der Waals surface area contributed by atoms with Gasteiger partial charge in [0.25, 0.3) is 5.69 Å². The summed E-state index contributed by atoms with van der Waals surface area (Å²) in [5.41, 5.74) is 9.48. The number of non-ortho nitro benzene ring substituents is 1. The van der Waals surface area contributed by atoms with E-state index < -0.39 is 59.3 Å². The van der Waals surface area contributed by atoms with Gasteiger partial charge in [0.05, 0.1) is 4.92 Å². The quantitative estimate of drug-likeness (QED) is 0.0172. The number of hydrogen-bond donors (Lipinski definition) is 5. The number of carbonyl (C=O) groups excluding carboxylic acids is 6. The molecule has 19 heteroatoms. The van der Waals surface area contributed by atoms with Gasteiger partial charge in [-0.05, 0) is 91.3 Å². The van der Waals surface area contributed by atoms with E-state index in [1.807, 2.05) is 48.5 Å². The summed E-state index contributed by atoms with van der Waals surface area (Å²) in [5, 5.41) is 21.1. The van der Waals surface area contributed by atoms with Crippen LogP contribution < -0.4 is 31.7 Å². The topological polar surface area (TPSA) is 260 Å². The van der Waals surface area contributed by atoms with Crippen molar-refractivity contribution < 1.29 is 52.6 Å². The number of urea groups is 1. The van der Waals surface area contributed by atoms with E-state index in [1.54, 1.807) is 32.9 Å². The molecule has 0 saturated heterocycles. The Morgan fingerprint density at radius 1 is 0.848 bits per heavy atom. The first-order valence-corrected chi connectivity index (χ1v) is 21.3. The van der Waals surface area contributed by atoms with E-state index in [0.29, 0.717) is 11.1 Å². The maximum atomic E-state index is 13.7. The molecule has 0 bridgehead atoms. The predicted octanol–water partition coefficient (Wildman–Crippen LogP) is 7.50. The van der Waals surface area contributed by atoms with Crippen LogP contribution in [0.1, 0.15) is 82.1 Å². The van der Waals surface area contributed by atoms with Gasteiger partial charge in [-0.3, -0.25) is 19.7 Å². The molecule has 6 amide bonds. The Hall–Kier alpha value is -7.70. The van der Waals surface area contributed by atoms with Crippen LogP contribution in [0.4, 0.5) is 30.6 Å². The first kappa shape index (κ1) is 50.9. The molecule has 0 aromatic heterocycles. The predicted molar refractivity (Wildman–Crippen MR) is 244 cm³/mol. The number of nitrogens with two attached hydrogens (primary N) is 1. The first-order valence-electron chi connectivity index (χ1n) is 21.3. The van der Waals surface area contributed by atoms with Crippen molar-refractivity contribution >= 4 is 47.6 Å². The maximum absolute atomic E-state index is 13.7. The maximum Gasteiger partial charge on any atom is 0.514 e. The Bertz CT molecular complexity index is 2300. The number of primary amides is 1. The van der Waals surface area contributed by atoms with Crippen molar-refractivity contribution in [3.63, 3.8) is 0 Å². The van der Waals surface area contributed by atoms with Crippen LogP contribution in [0.25, 0.3) is 11.1 Å². The van der Waals surface area contributed by atoms with Gasteiger partial charge in [0.1, 0.15) is 37.2 Å². The molecule has 0 heterocycles. The minimum absolute atomic E-state index is 0.00606. The molecule has 6 N–H and O–H groups in total. The van der Waals surface area contributed by atoms with Gasteiger partial charge < -0.3 is 50.8 Å². The average Bonchev–Trinajstić information content (AvgIpc) is 3.58. The van der Waals surface area contributed by atoms with E-state index in [4.69, 9.17) is 24.7 Å². The van der Waals surface area contributed by atoms with E-state index in [1.165, 1.54) is 48.7 Å². The van der Waals surface area contributed by atoms with Crippen LogP contribution in [0, 0.1) is 10.1 Å². The molecule has 66 heavy (non-hydrogen) atoms. The highest BCUT2D eigenvalue weighted by atomic mass is 16.7. The van der Waals surface area contributed by atoms with Crippen molar-refractivity contribution in [1.82, 2.24) is 20.9 Å². The average molecular weight is 912 g/mol. The third-order valence-electron chi connectivity index (χ3n) is 9.54. The second-order valence-corrected chi connectivity index (χ2v) is 16.1. The smallest absolute Gasteiger partial charge is 0.448 e. The Balaban J connectivity index is 0.00000309. The highest BCUT2D eigenvalue weighted by molar-refractivity contribution is 5.97. The standard InChI is InChI=1S/C44H49N7O12.C3H8/c1-44(2,3)63-41(55)47-23-38(52)49-37(14-9-21-46-40(45)54)39(53)48-29-16-15-27(25-61-43(57)62-31-19-17-30(18-20-31)51(58)59)28(22-29)24-50(4)42(56)60-26-36-34-12-7-5-10-32(34)33-11-6-8-13-35(33)36;1-3-2/h5-8,10-13,15-20,22,36-37H,9,14,21,23-26H2,1-4H3,(H,47,55)(H,48,53)(H,49,52)(H3,45,46,54);3H2,1-2H3. The van der Waals surface area contributed by atoms with Crippen LogP contribution in [0.3, 0.4) is 0 Å². The molecular weight excluding hydrogens is 855 g/mol. The highest BCUT2D eigenvalue weighted by Crippen LogP contribution is 2.44. The lowest BCUT2D eigenvalue weighted by atomic mass is 9.98. The molecule has 1 atom stereocenters. The van der Waals surface area contributed by atoms with Gasteiger partial charge in [-0.25, -0.2) is 19.2 Å². The van der Waals surface area contributed by atoms with Gasteiger partial charge in [0, 0.05) is 43.9 Å². The molecule has 1 unspecified atom stereocenters. The number of anilines is 1. The van der Waals surface area contributed by atoms with Crippen molar-refractivity contribution in [2.45, 2.75) is 84.6 Å². The van der Waals surface area contributed by atoms with Crippen molar-refractivity contribution in [3.8, 4) is 16.9 Å². The van der Waals surface area contributed by atoms with Crippen molar-refractivity contribution in [2.75, 3.05) is 32.1 Å². The summed E-state index contributed by atoms with van der Waals surface area (Å²) in [6, 6.07) is 23.4. The lowest BCUT2D eigenvalue weighted by Gasteiger charge is -2.22. The third-order valence-corrected chi connectivity index (χ3v) is 9.54. The molecule has 4 aromatic rings. The molecule has 0 saturated carbocycles. The SMILES string of the molecule is CCC.CN(Cc1cc(NC(=O)C(CCCNC(N)=O)NC(=O)CNC(=O)OC(C)(C)C)ccc1COC(=O)Oc1ccc([N+](=O)[O-])cc1)C(=O)OCC1c2ccccc2-c2ccccc21. The number of nitro groups is 1. The summed E-state index contributed by atoms with van der Waals surface area (Å²) < 4.78 is 21.6. The lowest BCUT2D eigenvalue weighted by molar-refractivity contribution is -0.384. The molecule has 0 aliphatic heterocycles. The molecule has 1 aliphatic carbocycles. The molecule has 0 radical (unpaired) electrons. The van der Waals surface area contributed by atoms with E-state index in [9.17, 15) is 38.9 Å². The van der Waals surface area contributed by atoms with E-state index in [2.05, 4.69) is 35.1 Å². The van der Waals surface area contributed by atoms with Crippen molar-refractivity contribution in [2.24, 2.45) is 5.73 Å². The van der Waals surface area contributed by atoms with Crippen LogP contribution in [-0.2, 0) is 37.0 Å². The molecule has 4 aromatic carbocycles. The van der Waals surface area contributed by atoms with Gasteiger partial charge in [0.15, 0.2) is 0 Å². The number of nitro benzene ring substituents is 1. The number of amides is 6. The summed E-state index contributed by atoms with van der Waals surface area (Å²) >= 11 is 0. The molecule has 0 spiro atoms. The van der Waals surface area contributed by atoms with Gasteiger partial charge in [-0.2, -0.15) is 0 Å². The number of fused-ring (bicyclic) bond motifs is 3. The zero-order valence-electron chi connectivity index (χ0n) is 37.8. The van der Waals surface area contributed by atoms with E-state index in [-0.39, 0.29) is 62.2 Å². The molecule has 19 nitrogen and oxygen atoms in total. The number of ether oxygens (including phenoxy) is 4. The zero-order valence-corrected chi connectivity index (χ0v) is 37.8. The molecular formula is C47H57N7O12. The third kappa shape index (κ3) is 15.8. The largest absolute Gasteiger partial charge is 0.514 e. The first-order chi connectivity index (χ1) is 31.4. The molecule has 1 aliphatic rings. The minimum Gasteiger partial charge on any atom is -0.448 e. The van der Waals surface area contributed by atoms with Crippen LogP contribution >= 0.6 is 0 Å². The highest BCUT2D eigenvalue weighted by Gasteiger charge is 2.30. The van der Waals surface area contributed by atoms with Crippen LogP contribution in [0.5, 0.6) is 5.75 Å². The Morgan fingerprint density at radius 2 is 1.47 bits per heavy atom. The van der Waals surface area contributed by atoms with Gasteiger partial charge in [-0.1, -0.05) is 74.9 Å². The minimum atomic E-state index is -1.14. The number of nitrogens with one attached hydrogen (secondary N) is 4. The van der Waals surface area contributed by atoms with Gasteiger partial charge in [-0.15, -0.1) is 0 Å². The second-order valence-electron chi connectivity index (χ2n) is 16.1. The fourth-order valence-electron chi connectivity index (χ4n) is 6.64. The summed E-state index contributed by atoms with van der Waals surface area (Å²) in [6.07, 6.45) is -1.04. The number of rotatable bonds is 17. The van der Waals surface area contributed by atoms with Gasteiger partial charge >= 0.3 is 24.4 Å². The fourth-order valence-corrected chi connectivity index (χ4v) is 6.64. The number of benzene rings is 4. The fraction of sp³-hybridized carbons (Fsp3) is 0.362. The van der Waals surface area contributed by atoms with Crippen molar-refractivity contribution in [3.05, 3.63) is 123 Å². The summed E-state index contributed by atoms with van der Waals surface area (Å²) in [6.45, 7) is 8.50. The molecule has 352 valence electrons. The zero-order chi connectivity index (χ0) is 48.4. The number of nitrogens with zero attached hydrogens (tertiary/aromatic N) is 2. The van der Waals surface area contributed by atoms with Crippen LogP contribution in [0.15, 0.2) is 91.0 Å². The van der Waals surface area contributed by atoms with E-state index >= 15 is 0 Å².